The largest absolute Gasteiger partial charge is 0.310 e. The fourth-order valence-electron chi connectivity index (χ4n) is 10.2. The van der Waals surface area contributed by atoms with Crippen molar-refractivity contribution in [3.05, 3.63) is 265 Å². The van der Waals surface area contributed by atoms with Gasteiger partial charge in [-0.1, -0.05) is 200 Å². The molecule has 10 aromatic rings. The van der Waals surface area contributed by atoms with Gasteiger partial charge in [0.15, 0.2) is 0 Å². The molecule has 2 heteroatoms. The molecule has 0 bridgehead atoms. The fraction of sp³-hybridized carbons (Fsp3) is 0.0333. The molecule has 0 aliphatic heterocycles. The molecule has 0 fully saturated rings. The second kappa shape index (κ2) is 15.3. The van der Waals surface area contributed by atoms with E-state index in [1.165, 1.54) is 71.6 Å². The molecule has 11 rings (SSSR count). The minimum atomic E-state index is -0.485. The molecule has 0 saturated heterocycles. The van der Waals surface area contributed by atoms with Crippen LogP contribution < -0.4 is 4.90 Å². The van der Waals surface area contributed by atoms with Crippen LogP contribution in [0.25, 0.3) is 60.5 Å². The number of benzene rings is 9. The topological polar surface area (TPSA) is 8.17 Å². The van der Waals surface area contributed by atoms with E-state index in [0.29, 0.717) is 0 Å². The van der Waals surface area contributed by atoms with E-state index >= 15 is 0 Å². The smallest absolute Gasteiger partial charge is 0.0673 e. The van der Waals surface area contributed by atoms with Crippen LogP contribution in [-0.4, -0.2) is 4.57 Å². The summed E-state index contributed by atoms with van der Waals surface area (Å²) >= 11 is 0. The molecule has 0 N–H and O–H groups in total. The third kappa shape index (κ3) is 5.79. The van der Waals surface area contributed by atoms with Crippen molar-refractivity contribution in [3.8, 4) is 27.9 Å². The summed E-state index contributed by atoms with van der Waals surface area (Å²) in [6, 6.07) is 77.8. The molecule has 2 nitrogen and oxygen atoms in total. The quantitative estimate of drug-likeness (QED) is 0.132. The van der Waals surface area contributed by atoms with Crippen LogP contribution in [0.2, 0.25) is 0 Å². The van der Waals surface area contributed by atoms with Gasteiger partial charge in [0.2, 0.25) is 0 Å². The standard InChI is InChI=1S/C60H44N2/c1-3-4-8-21-42(2)60(44-24-11-6-12-25-44)55-32-19-17-29-50(55)54-40-46(35-38-56(54)60)61(58-39-37-48(43-22-9-5-10-23-43)49-28-15-16-30-51(49)58)47-34-36-53-52-31-18-20-33-57(52)62(59(53)41-47)45-26-13-7-14-27-45/h3-41H,1H2,2H3/b8-4-,42-21+. The molecule has 1 aromatic heterocycles. The van der Waals surface area contributed by atoms with Gasteiger partial charge in [0.05, 0.1) is 22.1 Å². The molecule has 294 valence electrons. The van der Waals surface area contributed by atoms with Gasteiger partial charge in [-0.15, -0.1) is 0 Å². The summed E-state index contributed by atoms with van der Waals surface area (Å²) in [7, 11) is 0. The molecular weight excluding hydrogens is 749 g/mol. The van der Waals surface area contributed by atoms with E-state index in [9.17, 15) is 0 Å². The Labute approximate surface area is 363 Å². The Hall–Kier alpha value is -7.94. The number of fused-ring (bicyclic) bond motifs is 7. The maximum absolute atomic E-state index is 3.94. The average Bonchev–Trinajstić information content (AvgIpc) is 3.83. The lowest BCUT2D eigenvalue weighted by Crippen LogP contribution is -2.28. The van der Waals surface area contributed by atoms with Crippen LogP contribution in [-0.2, 0) is 5.41 Å². The van der Waals surface area contributed by atoms with Crippen molar-refractivity contribution >= 4 is 49.6 Å². The normalized spacial score (nSPS) is 14.7. The van der Waals surface area contributed by atoms with Crippen molar-refractivity contribution in [2.24, 2.45) is 0 Å². The average molecular weight is 793 g/mol. The molecule has 1 aliphatic rings. The lowest BCUT2D eigenvalue weighted by Gasteiger charge is -2.35. The first-order valence-electron chi connectivity index (χ1n) is 21.4. The molecule has 62 heavy (non-hydrogen) atoms. The Morgan fingerprint density at radius 2 is 1.10 bits per heavy atom. The molecule has 1 unspecified atom stereocenters. The molecule has 0 amide bonds. The number of para-hydroxylation sites is 2. The van der Waals surface area contributed by atoms with E-state index in [1.54, 1.807) is 0 Å². The molecule has 1 heterocycles. The van der Waals surface area contributed by atoms with Gasteiger partial charge in [-0.05, 0) is 99.8 Å². The lowest BCUT2D eigenvalue weighted by atomic mass is 9.67. The van der Waals surface area contributed by atoms with Gasteiger partial charge in [-0.3, -0.25) is 0 Å². The van der Waals surface area contributed by atoms with Gasteiger partial charge in [0.25, 0.3) is 0 Å². The summed E-state index contributed by atoms with van der Waals surface area (Å²) in [5, 5.41) is 4.86. The van der Waals surface area contributed by atoms with Gasteiger partial charge >= 0.3 is 0 Å². The van der Waals surface area contributed by atoms with E-state index in [4.69, 9.17) is 0 Å². The van der Waals surface area contributed by atoms with Gasteiger partial charge in [0.1, 0.15) is 0 Å². The molecule has 0 spiro atoms. The molecule has 1 aliphatic carbocycles. The van der Waals surface area contributed by atoms with Crippen LogP contribution >= 0.6 is 0 Å². The predicted octanol–water partition coefficient (Wildman–Crippen LogP) is 16.1. The van der Waals surface area contributed by atoms with Crippen molar-refractivity contribution in [1.29, 1.82) is 0 Å². The number of rotatable bonds is 9. The van der Waals surface area contributed by atoms with E-state index in [-0.39, 0.29) is 0 Å². The number of hydrogen-bond acceptors (Lipinski definition) is 1. The van der Waals surface area contributed by atoms with E-state index in [2.05, 4.69) is 247 Å². The molecular formula is C60H44N2. The van der Waals surface area contributed by atoms with Crippen LogP contribution in [0.15, 0.2) is 249 Å². The number of allylic oxidation sites excluding steroid dienone is 5. The van der Waals surface area contributed by atoms with Gasteiger partial charge < -0.3 is 9.47 Å². The Morgan fingerprint density at radius 3 is 1.89 bits per heavy atom. The van der Waals surface area contributed by atoms with Crippen molar-refractivity contribution in [1.82, 2.24) is 4.57 Å². The summed E-state index contributed by atoms with van der Waals surface area (Å²) in [4.78, 5) is 2.48. The maximum atomic E-state index is 3.94. The zero-order valence-corrected chi connectivity index (χ0v) is 34.6. The first kappa shape index (κ1) is 37.1. The monoisotopic (exact) mass is 792 g/mol. The summed E-state index contributed by atoms with van der Waals surface area (Å²) in [5.74, 6) is 0. The van der Waals surface area contributed by atoms with Gasteiger partial charge in [0, 0.05) is 33.2 Å². The van der Waals surface area contributed by atoms with Crippen molar-refractivity contribution in [2.45, 2.75) is 12.3 Å². The Kier molecular flexibility index (Phi) is 9.13. The van der Waals surface area contributed by atoms with Crippen molar-refractivity contribution < 1.29 is 0 Å². The first-order valence-corrected chi connectivity index (χ1v) is 21.4. The highest BCUT2D eigenvalue weighted by Crippen LogP contribution is 2.57. The van der Waals surface area contributed by atoms with Crippen LogP contribution in [0.4, 0.5) is 17.1 Å². The molecule has 0 radical (unpaired) electrons. The van der Waals surface area contributed by atoms with E-state index < -0.39 is 5.41 Å². The minimum absolute atomic E-state index is 0.485. The Morgan fingerprint density at radius 1 is 0.484 bits per heavy atom. The second-order valence-corrected chi connectivity index (χ2v) is 16.1. The lowest BCUT2D eigenvalue weighted by molar-refractivity contribution is 0.746. The number of aromatic nitrogens is 1. The summed E-state index contributed by atoms with van der Waals surface area (Å²) in [5.41, 5.74) is 16.3. The zero-order chi connectivity index (χ0) is 41.6. The van der Waals surface area contributed by atoms with Gasteiger partial charge in [-0.25, -0.2) is 0 Å². The fourth-order valence-corrected chi connectivity index (χ4v) is 10.2. The minimum Gasteiger partial charge on any atom is -0.310 e. The third-order valence-corrected chi connectivity index (χ3v) is 12.8. The van der Waals surface area contributed by atoms with Gasteiger partial charge in [-0.2, -0.15) is 0 Å². The zero-order valence-electron chi connectivity index (χ0n) is 34.6. The third-order valence-electron chi connectivity index (χ3n) is 12.8. The van der Waals surface area contributed by atoms with Crippen molar-refractivity contribution in [2.75, 3.05) is 4.90 Å². The number of nitrogens with zero attached hydrogens (tertiary/aromatic N) is 2. The summed E-state index contributed by atoms with van der Waals surface area (Å²) in [6.07, 6.45) is 8.20. The maximum Gasteiger partial charge on any atom is 0.0673 e. The summed E-state index contributed by atoms with van der Waals surface area (Å²) in [6.45, 7) is 6.22. The van der Waals surface area contributed by atoms with Crippen molar-refractivity contribution in [3.63, 3.8) is 0 Å². The molecule has 0 saturated carbocycles. The second-order valence-electron chi connectivity index (χ2n) is 16.1. The highest BCUT2D eigenvalue weighted by Gasteiger charge is 2.46. The highest BCUT2D eigenvalue weighted by molar-refractivity contribution is 6.11. The molecule has 9 aromatic carbocycles. The predicted molar refractivity (Wildman–Crippen MR) is 263 cm³/mol. The summed E-state index contributed by atoms with van der Waals surface area (Å²) < 4.78 is 2.41. The highest BCUT2D eigenvalue weighted by atomic mass is 15.1. The number of anilines is 3. The Bertz CT molecular complexity index is 3370. The van der Waals surface area contributed by atoms with Crippen LogP contribution in [0.5, 0.6) is 0 Å². The number of hydrogen-bond donors (Lipinski definition) is 0. The molecule has 1 atom stereocenters. The SMILES string of the molecule is C=C/C=C\C=C(/C)C1(c2ccccc2)c2ccccc2-c2cc(N(c3ccc4c5ccccc5n(-c5ccccc5)c4c3)c3ccc(-c4ccccc4)c4ccccc34)ccc21. The van der Waals surface area contributed by atoms with E-state index in [0.717, 1.165) is 28.3 Å². The first-order chi connectivity index (χ1) is 30.7. The van der Waals surface area contributed by atoms with E-state index in [1.807, 2.05) is 12.2 Å². The van der Waals surface area contributed by atoms with Crippen LogP contribution in [0.3, 0.4) is 0 Å². The Balaban J connectivity index is 1.20. The van der Waals surface area contributed by atoms with Crippen LogP contribution in [0, 0.1) is 0 Å². The van der Waals surface area contributed by atoms with Crippen LogP contribution in [0.1, 0.15) is 23.6 Å².